The largest absolute Gasteiger partial charge is 0.459 e. The molecule has 22 heteroatoms. The Balaban J connectivity index is 1.43. The van der Waals surface area contributed by atoms with E-state index in [1.54, 1.807) is 0 Å². The molecule has 6 nitrogen and oxygen atoms in total. The first-order valence-electron chi connectivity index (χ1n) is 14.6. The Kier molecular flexibility index (Phi) is 7.25. The van der Waals surface area contributed by atoms with Crippen molar-refractivity contribution < 1.29 is 89.4 Å². The molecule has 0 radical (unpaired) electrons. The molecule has 2 heterocycles. The van der Waals surface area contributed by atoms with Gasteiger partial charge in [0, 0.05) is 43.4 Å². The maximum Gasteiger partial charge on any atom is 0.459 e. The lowest BCUT2D eigenvalue weighted by molar-refractivity contribution is -0.354. The summed E-state index contributed by atoms with van der Waals surface area (Å²) in [5, 5.41) is -4.52. The number of amides is 4. The maximum atomic E-state index is 16.1. The van der Waals surface area contributed by atoms with Crippen LogP contribution in [0.4, 0.5) is 70.2 Å². The van der Waals surface area contributed by atoms with Crippen LogP contribution in [0.15, 0.2) is 36.4 Å². The van der Waals surface area contributed by atoms with Gasteiger partial charge < -0.3 is 0 Å². The van der Waals surface area contributed by atoms with Crippen molar-refractivity contribution in [1.29, 1.82) is 0 Å². The van der Waals surface area contributed by atoms with Gasteiger partial charge in [0.2, 0.25) is 0 Å². The number of benzene rings is 5. The monoisotopic (exact) mass is 790 g/mol. The molecule has 0 saturated carbocycles. The third kappa shape index (κ3) is 4.50. The fourth-order valence-electron chi connectivity index (χ4n) is 6.77. The van der Waals surface area contributed by atoms with E-state index in [0.29, 0.717) is 12.1 Å². The van der Waals surface area contributed by atoms with Gasteiger partial charge in [-0.05, 0) is 35.0 Å². The molecule has 54 heavy (non-hydrogen) atoms. The molecule has 4 amide bonds. The molecule has 0 atom stereocenters. The summed E-state index contributed by atoms with van der Waals surface area (Å²) in [6.45, 7) is -5.66. The molecule has 0 aliphatic carbocycles. The van der Waals surface area contributed by atoms with Gasteiger partial charge in [-0.15, -0.1) is 0 Å². The van der Waals surface area contributed by atoms with Crippen molar-refractivity contribution >= 4 is 66.7 Å². The van der Waals surface area contributed by atoms with Crippen molar-refractivity contribution in [3.05, 3.63) is 70.3 Å². The van der Waals surface area contributed by atoms with Gasteiger partial charge in [-0.3, -0.25) is 29.0 Å². The summed E-state index contributed by atoms with van der Waals surface area (Å²) in [6.07, 6.45) is -13.7. The second kappa shape index (κ2) is 10.6. The number of hydrogen-bond acceptors (Lipinski definition) is 4. The molecule has 5 aromatic rings. The van der Waals surface area contributed by atoms with Crippen molar-refractivity contribution in [2.24, 2.45) is 0 Å². The lowest BCUT2D eigenvalue weighted by atomic mass is 9.81. The van der Waals surface area contributed by atoms with E-state index in [1.807, 2.05) is 0 Å². The normalized spacial score (nSPS) is 16.4. The summed E-state index contributed by atoms with van der Waals surface area (Å²) in [4.78, 5) is 51.8. The Morgan fingerprint density at radius 2 is 0.704 bits per heavy atom. The fraction of sp³-hybridized carbons (Fsp3) is 0.250. The van der Waals surface area contributed by atoms with Crippen LogP contribution >= 0.6 is 0 Å². The minimum Gasteiger partial charge on any atom is -0.269 e. The van der Waals surface area contributed by atoms with Gasteiger partial charge in [0.15, 0.2) is 0 Å². The van der Waals surface area contributed by atoms with Crippen molar-refractivity contribution in [3.8, 4) is 0 Å². The summed E-state index contributed by atoms with van der Waals surface area (Å²) in [5.74, 6) is -36.4. The highest BCUT2D eigenvalue weighted by Crippen LogP contribution is 2.51. The maximum absolute atomic E-state index is 16.1. The summed E-state index contributed by atoms with van der Waals surface area (Å²) in [7, 11) is 0. The molecule has 2 aliphatic heterocycles. The smallest absolute Gasteiger partial charge is 0.269 e. The molecule has 0 unspecified atom stereocenters. The highest BCUT2D eigenvalue weighted by Gasteiger charge is 2.74. The highest BCUT2D eigenvalue weighted by molar-refractivity contribution is 6.41. The van der Waals surface area contributed by atoms with Gasteiger partial charge >= 0.3 is 36.0 Å². The Morgan fingerprint density at radius 1 is 0.407 bits per heavy atom. The predicted molar refractivity (Wildman–Crippen MR) is 150 cm³/mol. The zero-order valence-electron chi connectivity index (χ0n) is 25.5. The summed E-state index contributed by atoms with van der Waals surface area (Å²) >= 11 is 0. The number of rotatable bonds is 6. The molecule has 0 N–H and O–H groups in total. The Morgan fingerprint density at radius 3 is 1.00 bits per heavy atom. The summed E-state index contributed by atoms with van der Waals surface area (Å²) < 4.78 is 221. The highest BCUT2D eigenvalue weighted by atomic mass is 19.4. The van der Waals surface area contributed by atoms with E-state index in [4.69, 9.17) is 0 Å². The van der Waals surface area contributed by atoms with Crippen LogP contribution in [0.5, 0.6) is 0 Å². The number of carbonyl (C=O) groups excluding carboxylic acids is 4. The second-order valence-corrected chi connectivity index (χ2v) is 12.3. The van der Waals surface area contributed by atoms with Crippen molar-refractivity contribution in [1.82, 2.24) is 9.80 Å². The SMILES string of the molecule is O=C1c2ccc3c4c(F)cc5c6c(ccc(c7c(F)cc(c2c37)C(=O)N1CC(F)(F)C(F)(F)C(F)(F)F)c64)C(=O)N(CC(F)(F)C(F)(F)C(F)(F)F)C5=O. The van der Waals surface area contributed by atoms with E-state index in [9.17, 15) is 80.6 Å². The Hall–Kier alpha value is -5.44. The molecule has 0 bridgehead atoms. The molecule has 0 aromatic heterocycles. The Bertz CT molecular complexity index is 2380. The van der Waals surface area contributed by atoms with Crippen LogP contribution in [0.25, 0.3) is 43.1 Å². The molecule has 5 aromatic carbocycles. The van der Waals surface area contributed by atoms with E-state index in [1.165, 1.54) is 0 Å². The zero-order valence-corrected chi connectivity index (χ0v) is 25.5. The lowest BCUT2D eigenvalue weighted by Gasteiger charge is -2.35. The summed E-state index contributed by atoms with van der Waals surface area (Å²) in [5.41, 5.74) is -3.72. The van der Waals surface area contributed by atoms with Gasteiger partial charge in [-0.2, -0.15) is 61.5 Å². The van der Waals surface area contributed by atoms with Crippen LogP contribution in [0.3, 0.4) is 0 Å². The van der Waals surface area contributed by atoms with Crippen molar-refractivity contribution in [3.63, 3.8) is 0 Å². The topological polar surface area (TPSA) is 74.8 Å². The Labute approximate surface area is 285 Å². The minimum absolute atomic E-state index is 0.282. The molecule has 2 aliphatic rings. The first-order chi connectivity index (χ1) is 24.6. The van der Waals surface area contributed by atoms with Crippen molar-refractivity contribution in [2.75, 3.05) is 13.1 Å². The van der Waals surface area contributed by atoms with Gasteiger partial charge in [0.05, 0.1) is 24.2 Å². The predicted octanol–water partition coefficient (Wildman–Crippen LogP) is 8.87. The zero-order chi connectivity index (χ0) is 40.2. The second-order valence-electron chi connectivity index (χ2n) is 12.3. The van der Waals surface area contributed by atoms with Gasteiger partial charge in [0.25, 0.3) is 23.6 Å². The van der Waals surface area contributed by atoms with Crippen LogP contribution in [0.1, 0.15) is 41.4 Å². The van der Waals surface area contributed by atoms with E-state index < -0.39 is 160 Å². The molecule has 0 saturated heterocycles. The number of imide groups is 2. The number of alkyl halides is 14. The number of carbonyl (C=O) groups is 4. The molecular formula is C32H10F16N2O4. The molecule has 7 rings (SSSR count). The number of fused-ring (bicyclic) bond motifs is 2. The third-order valence-electron chi connectivity index (χ3n) is 9.25. The summed E-state index contributed by atoms with van der Waals surface area (Å²) in [6, 6.07) is 3.53. The number of nitrogens with zero attached hydrogens (tertiary/aromatic N) is 2. The van der Waals surface area contributed by atoms with Crippen LogP contribution in [0.2, 0.25) is 0 Å². The van der Waals surface area contributed by atoms with E-state index in [-0.39, 0.29) is 12.1 Å². The van der Waals surface area contributed by atoms with E-state index in [0.717, 1.165) is 12.1 Å². The lowest BCUT2D eigenvalue weighted by Crippen LogP contribution is -2.59. The van der Waals surface area contributed by atoms with Crippen molar-refractivity contribution in [2.45, 2.75) is 36.0 Å². The quantitative estimate of drug-likeness (QED) is 0.0746. The molecule has 0 spiro atoms. The van der Waals surface area contributed by atoms with Crippen LogP contribution < -0.4 is 0 Å². The fourth-order valence-corrected chi connectivity index (χ4v) is 6.77. The first kappa shape index (κ1) is 36.9. The average Bonchev–Trinajstić information content (AvgIpc) is 3.05. The van der Waals surface area contributed by atoms with Crippen LogP contribution in [-0.4, -0.2) is 82.6 Å². The minimum atomic E-state index is -6.84. The molecule has 284 valence electrons. The average molecular weight is 790 g/mol. The van der Waals surface area contributed by atoms with Crippen LogP contribution in [0, 0.1) is 11.6 Å². The van der Waals surface area contributed by atoms with Gasteiger partial charge in [-0.25, -0.2) is 8.78 Å². The third-order valence-corrected chi connectivity index (χ3v) is 9.25. The van der Waals surface area contributed by atoms with E-state index in [2.05, 4.69) is 0 Å². The molecular weight excluding hydrogens is 780 g/mol. The van der Waals surface area contributed by atoms with Gasteiger partial charge in [0.1, 0.15) is 11.6 Å². The van der Waals surface area contributed by atoms with Gasteiger partial charge in [-0.1, -0.05) is 12.1 Å². The van der Waals surface area contributed by atoms with E-state index >= 15 is 8.78 Å². The standard InChI is InChI=1S/C32H10F16N2O4/c33-15-5-14-18-12(24(52)50(26(14)54)8-28(37,38)30(41,42)32(46,47)48)4-2-10-20-16(34)6-13-17-11(3-1-9(21(17)20)19(15)22(10)18)23(51)49(25(13)53)7-27(35,36)29(39,40)31(43,44)45/h1-6H,7-8H2. The molecule has 0 fully saturated rings. The first-order valence-corrected chi connectivity index (χ1v) is 14.6. The number of hydrogen-bond donors (Lipinski definition) is 0. The van der Waals surface area contributed by atoms with Crippen LogP contribution in [-0.2, 0) is 0 Å². The number of halogens is 16.